The lowest BCUT2D eigenvalue weighted by molar-refractivity contribution is -0.141. The van der Waals surface area contributed by atoms with Crippen molar-refractivity contribution in [1.82, 2.24) is 5.01 Å². The molecule has 0 atom stereocenters. The molecule has 0 bridgehead atoms. The van der Waals surface area contributed by atoms with Gasteiger partial charge in [-0.2, -0.15) is 5.10 Å². The van der Waals surface area contributed by atoms with Crippen LogP contribution in [0.25, 0.3) is 0 Å². The molecule has 10 nitrogen and oxygen atoms in total. The predicted octanol–water partition coefficient (Wildman–Crippen LogP) is 1.60. The molecule has 0 fully saturated rings. The van der Waals surface area contributed by atoms with Gasteiger partial charge in [0.1, 0.15) is 5.71 Å². The lowest BCUT2D eigenvalue weighted by Crippen LogP contribution is -2.33. The molecule has 1 N–H and O–H groups in total. The Labute approximate surface area is 185 Å². The number of hydrogen-bond acceptors (Lipinski definition) is 7. The summed E-state index contributed by atoms with van der Waals surface area (Å²) in [4.78, 5) is 35.6. The Morgan fingerprint density at radius 3 is 2.53 bits per heavy atom. The van der Waals surface area contributed by atoms with E-state index in [-0.39, 0.29) is 35.0 Å². The highest BCUT2D eigenvalue weighted by atomic mass is 32.2. The largest absolute Gasteiger partial charge is 0.451 e. The third-order valence-electron chi connectivity index (χ3n) is 4.67. The van der Waals surface area contributed by atoms with Crippen LogP contribution in [-0.2, 0) is 29.1 Å². The molecular formula is C21H22N4O6S. The number of ether oxygens (including phenoxy) is 1. The number of nitrogens with one attached hydrogen (secondary N) is 1. The van der Waals surface area contributed by atoms with Crippen LogP contribution in [0.15, 0.2) is 64.6 Å². The van der Waals surface area contributed by atoms with Gasteiger partial charge < -0.3 is 10.1 Å². The Balaban J connectivity index is 1.63. The van der Waals surface area contributed by atoms with Gasteiger partial charge >= 0.3 is 5.97 Å². The molecule has 0 saturated carbocycles. The van der Waals surface area contributed by atoms with Crippen LogP contribution in [-0.4, -0.2) is 57.6 Å². The van der Waals surface area contributed by atoms with Crippen LogP contribution >= 0.6 is 0 Å². The highest BCUT2D eigenvalue weighted by molar-refractivity contribution is 7.92. The average molecular weight is 458 g/mol. The third-order valence-corrected chi connectivity index (χ3v) is 6.45. The first-order valence-electron chi connectivity index (χ1n) is 9.63. The summed E-state index contributed by atoms with van der Waals surface area (Å²) in [6.07, 6.45) is 0.272. The lowest BCUT2D eigenvalue weighted by atomic mass is 10.2. The maximum absolute atomic E-state index is 12.9. The fraction of sp³-hybridized carbons (Fsp3) is 0.238. The number of benzene rings is 2. The van der Waals surface area contributed by atoms with Crippen LogP contribution in [0.1, 0.15) is 12.8 Å². The molecule has 0 saturated heterocycles. The van der Waals surface area contributed by atoms with E-state index in [1.54, 1.807) is 30.3 Å². The van der Waals surface area contributed by atoms with Crippen molar-refractivity contribution in [2.24, 2.45) is 5.10 Å². The molecule has 0 aliphatic carbocycles. The Hall–Kier alpha value is -3.73. The predicted molar refractivity (Wildman–Crippen MR) is 118 cm³/mol. The van der Waals surface area contributed by atoms with Gasteiger partial charge in [0, 0.05) is 32.6 Å². The lowest BCUT2D eigenvalue weighted by Gasteiger charge is -2.20. The number of rotatable bonds is 7. The van der Waals surface area contributed by atoms with Gasteiger partial charge in [-0.1, -0.05) is 24.3 Å². The molecule has 2 amide bonds. The van der Waals surface area contributed by atoms with E-state index in [1.165, 1.54) is 38.4 Å². The van der Waals surface area contributed by atoms with Gasteiger partial charge in [-0.3, -0.25) is 13.9 Å². The molecular weight excluding hydrogens is 436 g/mol. The summed E-state index contributed by atoms with van der Waals surface area (Å²) < 4.78 is 31.9. The second kappa shape index (κ2) is 9.60. The van der Waals surface area contributed by atoms with Crippen LogP contribution < -0.4 is 9.62 Å². The summed E-state index contributed by atoms with van der Waals surface area (Å²) in [5.41, 5.74) is 0.776. The number of carbonyl (C=O) groups excluding carboxylic acids is 3. The SMILES string of the molecule is CN1N=C(C(=O)OCC(=O)Nc2cccc(S(=O)(=O)N(C)c3ccccc3)c2)CCC1=O. The number of esters is 1. The molecule has 1 aliphatic heterocycles. The number of nitrogens with zero attached hydrogens (tertiary/aromatic N) is 3. The van der Waals surface area contributed by atoms with Gasteiger partial charge in [-0.05, 0) is 30.3 Å². The highest BCUT2D eigenvalue weighted by Gasteiger charge is 2.24. The molecule has 0 unspecified atom stereocenters. The second-order valence-corrected chi connectivity index (χ2v) is 8.89. The zero-order chi connectivity index (χ0) is 23.3. The monoisotopic (exact) mass is 458 g/mol. The Bertz CT molecular complexity index is 1160. The van der Waals surface area contributed by atoms with Crippen molar-refractivity contribution in [3.05, 3.63) is 54.6 Å². The molecule has 0 radical (unpaired) electrons. The minimum atomic E-state index is -3.85. The summed E-state index contributed by atoms with van der Waals surface area (Å²) in [6, 6.07) is 14.3. The first kappa shape index (κ1) is 22.9. The van der Waals surface area contributed by atoms with Gasteiger partial charge in [0.25, 0.3) is 15.9 Å². The van der Waals surface area contributed by atoms with Crippen LogP contribution in [0.2, 0.25) is 0 Å². The average Bonchev–Trinajstić information content (AvgIpc) is 2.79. The molecule has 2 aromatic rings. The van der Waals surface area contributed by atoms with E-state index in [1.807, 2.05) is 0 Å². The number of sulfonamides is 1. The molecule has 0 aromatic heterocycles. The number of hydrazone groups is 1. The Morgan fingerprint density at radius 2 is 1.84 bits per heavy atom. The molecule has 168 valence electrons. The first-order valence-corrected chi connectivity index (χ1v) is 11.1. The van der Waals surface area contributed by atoms with E-state index in [0.717, 1.165) is 9.31 Å². The van der Waals surface area contributed by atoms with Crippen molar-refractivity contribution in [3.8, 4) is 0 Å². The van der Waals surface area contributed by atoms with Crippen LogP contribution in [0, 0.1) is 0 Å². The minimum absolute atomic E-state index is 0.0112. The van der Waals surface area contributed by atoms with Crippen LogP contribution in [0.3, 0.4) is 0 Å². The smallest absolute Gasteiger partial charge is 0.355 e. The van der Waals surface area contributed by atoms with Gasteiger partial charge in [0.05, 0.1) is 10.6 Å². The minimum Gasteiger partial charge on any atom is -0.451 e. The highest BCUT2D eigenvalue weighted by Crippen LogP contribution is 2.23. The summed E-state index contributed by atoms with van der Waals surface area (Å²) in [5, 5.41) is 7.39. The molecule has 2 aromatic carbocycles. The molecule has 1 aliphatic rings. The topological polar surface area (TPSA) is 125 Å². The summed E-state index contributed by atoms with van der Waals surface area (Å²) in [6.45, 7) is -0.587. The molecule has 3 rings (SSSR count). The fourth-order valence-electron chi connectivity index (χ4n) is 2.90. The van der Waals surface area contributed by atoms with E-state index >= 15 is 0 Å². The third kappa shape index (κ3) is 5.30. The summed E-state index contributed by atoms with van der Waals surface area (Å²) >= 11 is 0. The zero-order valence-corrected chi connectivity index (χ0v) is 18.3. The van der Waals surface area contributed by atoms with Crippen molar-refractivity contribution in [3.63, 3.8) is 0 Å². The van der Waals surface area contributed by atoms with Crippen molar-refractivity contribution < 1.29 is 27.5 Å². The van der Waals surface area contributed by atoms with Crippen molar-refractivity contribution >= 4 is 44.9 Å². The second-order valence-electron chi connectivity index (χ2n) is 6.92. The van der Waals surface area contributed by atoms with Crippen molar-refractivity contribution in [2.45, 2.75) is 17.7 Å². The number of amides is 2. The van der Waals surface area contributed by atoms with Crippen LogP contribution in [0.5, 0.6) is 0 Å². The Morgan fingerprint density at radius 1 is 1.12 bits per heavy atom. The van der Waals surface area contributed by atoms with E-state index in [9.17, 15) is 22.8 Å². The number of hydrogen-bond donors (Lipinski definition) is 1. The number of para-hydroxylation sites is 1. The molecule has 1 heterocycles. The quantitative estimate of drug-likeness (QED) is 0.628. The zero-order valence-electron chi connectivity index (χ0n) is 17.5. The van der Waals surface area contributed by atoms with E-state index in [0.29, 0.717) is 5.69 Å². The van der Waals surface area contributed by atoms with Crippen molar-refractivity contribution in [1.29, 1.82) is 0 Å². The number of carbonyl (C=O) groups is 3. The van der Waals surface area contributed by atoms with Crippen LogP contribution in [0.4, 0.5) is 11.4 Å². The normalized spacial score (nSPS) is 13.9. The summed E-state index contributed by atoms with van der Waals surface area (Å²) in [5.74, 6) is -1.66. The van der Waals surface area contributed by atoms with E-state index < -0.39 is 28.5 Å². The maximum Gasteiger partial charge on any atom is 0.355 e. The van der Waals surface area contributed by atoms with E-state index in [4.69, 9.17) is 4.74 Å². The number of anilines is 2. The van der Waals surface area contributed by atoms with Gasteiger partial charge in [0.15, 0.2) is 6.61 Å². The van der Waals surface area contributed by atoms with Gasteiger partial charge in [-0.25, -0.2) is 18.2 Å². The maximum atomic E-state index is 12.9. The van der Waals surface area contributed by atoms with Gasteiger partial charge in [0.2, 0.25) is 5.91 Å². The Kier molecular flexibility index (Phi) is 6.89. The fourth-order valence-corrected chi connectivity index (χ4v) is 4.14. The van der Waals surface area contributed by atoms with Gasteiger partial charge in [-0.15, -0.1) is 0 Å². The van der Waals surface area contributed by atoms with E-state index in [2.05, 4.69) is 10.4 Å². The standard InChI is InChI=1S/C21H22N4O6S/c1-24-20(27)12-11-18(23-24)21(28)31-14-19(26)22-15-7-6-10-17(13-15)32(29,30)25(2)16-8-4-3-5-9-16/h3-10,13H,11-12,14H2,1-2H3,(H,22,26). The molecule has 32 heavy (non-hydrogen) atoms. The first-order chi connectivity index (χ1) is 15.2. The summed E-state index contributed by atoms with van der Waals surface area (Å²) in [7, 11) is -0.984. The molecule has 11 heteroatoms. The molecule has 0 spiro atoms. The van der Waals surface area contributed by atoms with Crippen molar-refractivity contribution in [2.75, 3.05) is 30.3 Å².